The number of hydrogen-bond acceptors (Lipinski definition) is 5. The molecule has 3 aliphatic rings. The van der Waals surface area contributed by atoms with Gasteiger partial charge in [0.25, 0.3) is 0 Å². The van der Waals surface area contributed by atoms with E-state index in [4.69, 9.17) is 0 Å². The number of carbonyl (C=O) groups is 1. The lowest BCUT2D eigenvalue weighted by Gasteiger charge is -2.42. The summed E-state index contributed by atoms with van der Waals surface area (Å²) in [5, 5.41) is 15.0. The molecule has 5 rings (SSSR count). The maximum atomic E-state index is 14.0. The van der Waals surface area contributed by atoms with Crippen molar-refractivity contribution in [2.24, 2.45) is 11.8 Å². The molecule has 7 heteroatoms. The number of benzene rings is 1. The van der Waals surface area contributed by atoms with Gasteiger partial charge in [-0.05, 0) is 63.2 Å². The molecule has 0 spiro atoms. The van der Waals surface area contributed by atoms with E-state index in [0.29, 0.717) is 11.8 Å². The standard InChI is InChI=1S/C23H31N5O2/c1-26-9-7-23(8-10-26,19-5-3-2-4-6-19)22(30)27-13-17-11-20(28-16-24-15-25-28)21(29)12-18(17)14-27/h2-6,15-18,20-21,29H,7-14H2,1H3/t17-,18+,20-,21-/m1/s1. The van der Waals surface area contributed by atoms with Crippen LogP contribution in [-0.4, -0.2) is 74.9 Å². The van der Waals surface area contributed by atoms with Gasteiger partial charge >= 0.3 is 0 Å². The molecular formula is C23H31N5O2. The zero-order valence-corrected chi connectivity index (χ0v) is 17.6. The lowest BCUT2D eigenvalue weighted by molar-refractivity contribution is -0.138. The van der Waals surface area contributed by atoms with Crippen LogP contribution >= 0.6 is 0 Å². The lowest BCUT2D eigenvalue weighted by Crippen LogP contribution is -2.52. The van der Waals surface area contributed by atoms with Gasteiger partial charge in [0.1, 0.15) is 12.7 Å². The van der Waals surface area contributed by atoms with Crippen LogP contribution in [0.4, 0.5) is 0 Å². The molecule has 1 aliphatic carbocycles. The molecule has 3 heterocycles. The van der Waals surface area contributed by atoms with Gasteiger partial charge < -0.3 is 14.9 Å². The molecule has 3 fully saturated rings. The molecule has 0 unspecified atom stereocenters. The zero-order chi connectivity index (χ0) is 20.7. The van der Waals surface area contributed by atoms with Crippen LogP contribution < -0.4 is 0 Å². The minimum atomic E-state index is -0.436. The molecule has 2 aromatic rings. The van der Waals surface area contributed by atoms with Crippen molar-refractivity contribution in [1.29, 1.82) is 0 Å². The van der Waals surface area contributed by atoms with E-state index in [1.165, 1.54) is 6.33 Å². The van der Waals surface area contributed by atoms with Crippen LogP contribution in [0.1, 0.15) is 37.3 Å². The molecule has 0 bridgehead atoms. The fourth-order valence-electron chi connectivity index (χ4n) is 5.93. The van der Waals surface area contributed by atoms with Gasteiger partial charge in [0, 0.05) is 13.1 Å². The fourth-order valence-corrected chi connectivity index (χ4v) is 5.93. The van der Waals surface area contributed by atoms with Crippen molar-refractivity contribution in [2.45, 2.75) is 43.2 Å². The maximum Gasteiger partial charge on any atom is 0.233 e. The van der Waals surface area contributed by atoms with Crippen LogP contribution in [0.5, 0.6) is 0 Å². The second kappa shape index (κ2) is 7.78. The summed E-state index contributed by atoms with van der Waals surface area (Å²) < 4.78 is 1.79. The van der Waals surface area contributed by atoms with Crippen molar-refractivity contribution < 1.29 is 9.90 Å². The van der Waals surface area contributed by atoms with Gasteiger partial charge in [0.15, 0.2) is 0 Å². The van der Waals surface area contributed by atoms with Gasteiger partial charge in [-0.3, -0.25) is 4.79 Å². The van der Waals surface area contributed by atoms with Gasteiger partial charge in [-0.25, -0.2) is 9.67 Å². The van der Waals surface area contributed by atoms with E-state index in [1.807, 2.05) is 18.2 Å². The molecule has 2 saturated heterocycles. The Kier molecular flexibility index (Phi) is 5.11. The normalized spacial score (nSPS) is 31.5. The smallest absolute Gasteiger partial charge is 0.233 e. The number of likely N-dealkylation sites (tertiary alicyclic amines) is 2. The Morgan fingerprint density at radius 2 is 1.80 bits per heavy atom. The van der Waals surface area contributed by atoms with Crippen molar-refractivity contribution in [3.8, 4) is 0 Å². The first-order chi connectivity index (χ1) is 14.6. The van der Waals surface area contributed by atoms with Crippen LogP contribution in [0.3, 0.4) is 0 Å². The predicted molar refractivity (Wildman–Crippen MR) is 113 cm³/mol. The second-order valence-electron chi connectivity index (χ2n) is 9.46. The minimum Gasteiger partial charge on any atom is -0.391 e. The van der Waals surface area contributed by atoms with E-state index in [-0.39, 0.29) is 11.9 Å². The first-order valence-electron chi connectivity index (χ1n) is 11.1. The molecular weight excluding hydrogens is 378 g/mol. The third-order valence-corrected chi connectivity index (χ3v) is 7.75. The summed E-state index contributed by atoms with van der Waals surface area (Å²) in [7, 11) is 2.13. The Bertz CT molecular complexity index is 863. The first kappa shape index (κ1) is 19.7. The number of aliphatic hydroxyl groups is 1. The number of amides is 1. The number of rotatable bonds is 3. The molecule has 1 aromatic carbocycles. The van der Waals surface area contributed by atoms with E-state index in [9.17, 15) is 9.90 Å². The summed E-state index contributed by atoms with van der Waals surface area (Å²) in [6, 6.07) is 10.3. The summed E-state index contributed by atoms with van der Waals surface area (Å²) in [5.74, 6) is 1.05. The third kappa shape index (κ3) is 3.34. The van der Waals surface area contributed by atoms with Crippen LogP contribution in [0, 0.1) is 11.8 Å². The number of nitrogens with zero attached hydrogens (tertiary/aromatic N) is 5. The third-order valence-electron chi connectivity index (χ3n) is 7.75. The van der Waals surface area contributed by atoms with E-state index < -0.39 is 11.5 Å². The van der Waals surface area contributed by atoms with Gasteiger partial charge in [-0.1, -0.05) is 30.3 Å². The monoisotopic (exact) mass is 409 g/mol. The molecule has 7 nitrogen and oxygen atoms in total. The highest BCUT2D eigenvalue weighted by atomic mass is 16.3. The molecule has 2 aliphatic heterocycles. The van der Waals surface area contributed by atoms with Crippen LogP contribution in [0.15, 0.2) is 43.0 Å². The number of carbonyl (C=O) groups excluding carboxylic acids is 1. The number of aromatic nitrogens is 3. The zero-order valence-electron chi connectivity index (χ0n) is 17.6. The van der Waals surface area contributed by atoms with Crippen LogP contribution in [0.2, 0.25) is 0 Å². The SMILES string of the molecule is CN1CCC(C(=O)N2C[C@H]3C[C@@H](n4cncn4)[C@H](O)C[C@H]3C2)(c2ccccc2)CC1. The van der Waals surface area contributed by atoms with Crippen LogP contribution in [-0.2, 0) is 10.2 Å². The van der Waals surface area contributed by atoms with Crippen molar-refractivity contribution >= 4 is 5.91 Å². The summed E-state index contributed by atoms with van der Waals surface area (Å²) in [4.78, 5) is 22.4. The molecule has 0 radical (unpaired) electrons. The van der Waals surface area contributed by atoms with E-state index in [2.05, 4.69) is 39.1 Å². The Hall–Kier alpha value is -2.25. The topological polar surface area (TPSA) is 74.5 Å². The Labute approximate surface area is 177 Å². The average Bonchev–Trinajstić information content (AvgIpc) is 3.44. The van der Waals surface area contributed by atoms with E-state index in [0.717, 1.165) is 57.4 Å². The minimum absolute atomic E-state index is 0.0461. The molecule has 160 valence electrons. The summed E-state index contributed by atoms with van der Waals surface area (Å²) in [6.07, 6.45) is 6.07. The molecule has 1 amide bonds. The number of fused-ring (bicyclic) bond motifs is 1. The molecule has 4 atom stereocenters. The molecule has 1 N–H and O–H groups in total. The first-order valence-corrected chi connectivity index (χ1v) is 11.1. The lowest BCUT2D eigenvalue weighted by atomic mass is 9.71. The van der Waals surface area contributed by atoms with Crippen LogP contribution in [0.25, 0.3) is 0 Å². The molecule has 1 aromatic heterocycles. The quantitative estimate of drug-likeness (QED) is 0.836. The van der Waals surface area contributed by atoms with Crippen molar-refractivity contribution in [3.63, 3.8) is 0 Å². The Morgan fingerprint density at radius 3 is 2.47 bits per heavy atom. The number of aliphatic hydroxyl groups excluding tert-OH is 1. The van der Waals surface area contributed by atoms with E-state index >= 15 is 0 Å². The maximum absolute atomic E-state index is 14.0. The Morgan fingerprint density at radius 1 is 1.10 bits per heavy atom. The fraction of sp³-hybridized carbons (Fsp3) is 0.609. The van der Waals surface area contributed by atoms with Gasteiger partial charge in [-0.15, -0.1) is 0 Å². The number of piperidine rings is 1. The van der Waals surface area contributed by atoms with Gasteiger partial charge in [-0.2, -0.15) is 5.10 Å². The number of hydrogen-bond donors (Lipinski definition) is 1. The molecule has 30 heavy (non-hydrogen) atoms. The summed E-state index contributed by atoms with van der Waals surface area (Å²) >= 11 is 0. The second-order valence-corrected chi connectivity index (χ2v) is 9.46. The van der Waals surface area contributed by atoms with Crippen molar-refractivity contribution in [1.82, 2.24) is 24.6 Å². The average molecular weight is 410 g/mol. The summed E-state index contributed by atoms with van der Waals surface area (Å²) in [6.45, 7) is 3.42. The summed E-state index contributed by atoms with van der Waals surface area (Å²) in [5.41, 5.74) is 0.726. The van der Waals surface area contributed by atoms with Gasteiger partial charge in [0.05, 0.1) is 17.6 Å². The highest BCUT2D eigenvalue weighted by Gasteiger charge is 2.49. The van der Waals surface area contributed by atoms with Crippen molar-refractivity contribution in [3.05, 3.63) is 48.5 Å². The van der Waals surface area contributed by atoms with Crippen molar-refractivity contribution in [2.75, 3.05) is 33.2 Å². The molecule has 1 saturated carbocycles. The largest absolute Gasteiger partial charge is 0.391 e. The Balaban J connectivity index is 1.37. The van der Waals surface area contributed by atoms with Gasteiger partial charge in [0.2, 0.25) is 5.91 Å². The highest BCUT2D eigenvalue weighted by Crippen LogP contribution is 2.44. The highest BCUT2D eigenvalue weighted by molar-refractivity contribution is 5.88. The predicted octanol–water partition coefficient (Wildman–Crippen LogP) is 1.71. The van der Waals surface area contributed by atoms with E-state index in [1.54, 1.807) is 11.0 Å².